The number of carbonyl (C=O) groups is 1. The van der Waals surface area contributed by atoms with Gasteiger partial charge in [0.05, 0.1) is 21.2 Å². The maximum Gasteiger partial charge on any atom is 0.240 e. The molecule has 160 valence electrons. The number of sulfonamides is 1. The van der Waals surface area contributed by atoms with E-state index in [0.29, 0.717) is 5.69 Å². The van der Waals surface area contributed by atoms with E-state index in [9.17, 15) is 13.2 Å². The molecule has 1 atom stereocenters. The standard InChI is InChI=1S/C21H26N4O3S2/c1-5-25-19-9-7-6-8-18(19)23-21(25)29-15(4)20(26)22-16-10-12-17(13-11-16)30(27,28)24-14(2)3/h6-15,24H,5H2,1-4H3,(H,22,26). The molecular formula is C21H26N4O3S2. The molecule has 2 N–H and O–H groups in total. The van der Waals surface area contributed by atoms with Crippen LogP contribution in [0.5, 0.6) is 0 Å². The largest absolute Gasteiger partial charge is 0.325 e. The second-order valence-electron chi connectivity index (χ2n) is 7.18. The Morgan fingerprint density at radius 3 is 2.40 bits per heavy atom. The minimum absolute atomic E-state index is 0.160. The van der Waals surface area contributed by atoms with Crippen molar-refractivity contribution in [3.63, 3.8) is 0 Å². The van der Waals surface area contributed by atoms with Crippen molar-refractivity contribution in [2.24, 2.45) is 0 Å². The molecule has 3 rings (SSSR count). The number of rotatable bonds is 8. The smallest absolute Gasteiger partial charge is 0.240 e. The van der Waals surface area contributed by atoms with Crippen LogP contribution in [0.3, 0.4) is 0 Å². The Labute approximate surface area is 181 Å². The van der Waals surface area contributed by atoms with Crippen LogP contribution < -0.4 is 10.0 Å². The second kappa shape index (κ2) is 9.20. The van der Waals surface area contributed by atoms with E-state index >= 15 is 0 Å². The van der Waals surface area contributed by atoms with Gasteiger partial charge in [-0.05, 0) is 64.1 Å². The van der Waals surface area contributed by atoms with Crippen LogP contribution in [0.4, 0.5) is 5.69 Å². The number of aryl methyl sites for hydroxylation is 1. The molecule has 0 saturated heterocycles. The van der Waals surface area contributed by atoms with Crippen molar-refractivity contribution in [2.75, 3.05) is 5.32 Å². The number of aromatic nitrogens is 2. The Bertz CT molecular complexity index is 1140. The lowest BCUT2D eigenvalue weighted by atomic mass is 10.3. The molecule has 1 aromatic heterocycles. The number of hydrogen-bond donors (Lipinski definition) is 2. The number of fused-ring (bicyclic) bond motifs is 1. The predicted octanol–water partition coefficient (Wildman–Crippen LogP) is 3.86. The van der Waals surface area contributed by atoms with Gasteiger partial charge in [-0.15, -0.1) is 0 Å². The summed E-state index contributed by atoms with van der Waals surface area (Å²) in [5, 5.41) is 3.26. The summed E-state index contributed by atoms with van der Waals surface area (Å²) < 4.78 is 29.0. The summed E-state index contributed by atoms with van der Waals surface area (Å²) in [5.41, 5.74) is 2.49. The molecule has 0 spiro atoms. The topological polar surface area (TPSA) is 93.1 Å². The van der Waals surface area contributed by atoms with Gasteiger partial charge in [0.15, 0.2) is 5.16 Å². The zero-order valence-electron chi connectivity index (χ0n) is 17.4. The highest BCUT2D eigenvalue weighted by Crippen LogP contribution is 2.28. The van der Waals surface area contributed by atoms with Crippen molar-refractivity contribution < 1.29 is 13.2 Å². The number of para-hydroxylation sites is 2. The third-order valence-electron chi connectivity index (χ3n) is 4.41. The first-order valence-electron chi connectivity index (χ1n) is 9.76. The molecule has 0 aliphatic carbocycles. The third kappa shape index (κ3) is 5.03. The fraction of sp³-hybridized carbons (Fsp3) is 0.333. The van der Waals surface area contributed by atoms with Crippen molar-refractivity contribution >= 4 is 44.4 Å². The fourth-order valence-electron chi connectivity index (χ4n) is 3.00. The number of anilines is 1. The Morgan fingerprint density at radius 1 is 1.10 bits per heavy atom. The van der Waals surface area contributed by atoms with Crippen LogP contribution in [0.2, 0.25) is 0 Å². The highest BCUT2D eigenvalue weighted by Gasteiger charge is 2.20. The molecular weight excluding hydrogens is 420 g/mol. The first-order valence-corrected chi connectivity index (χ1v) is 12.1. The van der Waals surface area contributed by atoms with Crippen LogP contribution in [0.25, 0.3) is 11.0 Å². The van der Waals surface area contributed by atoms with Gasteiger partial charge in [-0.1, -0.05) is 23.9 Å². The highest BCUT2D eigenvalue weighted by atomic mass is 32.2. The van der Waals surface area contributed by atoms with Gasteiger partial charge in [-0.25, -0.2) is 18.1 Å². The van der Waals surface area contributed by atoms with Crippen molar-refractivity contribution in [1.29, 1.82) is 0 Å². The molecule has 0 fully saturated rings. The molecule has 0 aliphatic heterocycles. The molecule has 7 nitrogen and oxygen atoms in total. The maximum atomic E-state index is 12.7. The van der Waals surface area contributed by atoms with Gasteiger partial charge >= 0.3 is 0 Å². The van der Waals surface area contributed by atoms with E-state index in [0.717, 1.165) is 22.7 Å². The summed E-state index contributed by atoms with van der Waals surface area (Å²) in [5.74, 6) is -0.175. The number of nitrogens with one attached hydrogen (secondary N) is 2. The van der Waals surface area contributed by atoms with E-state index < -0.39 is 10.0 Å². The molecule has 1 amide bonds. The minimum atomic E-state index is -3.56. The summed E-state index contributed by atoms with van der Waals surface area (Å²) in [7, 11) is -3.56. The highest BCUT2D eigenvalue weighted by molar-refractivity contribution is 8.00. The van der Waals surface area contributed by atoms with Crippen LogP contribution in [0, 0.1) is 0 Å². The van der Waals surface area contributed by atoms with Gasteiger partial charge in [-0.3, -0.25) is 4.79 Å². The number of carbonyl (C=O) groups excluding carboxylic acids is 1. The molecule has 2 aromatic carbocycles. The number of amides is 1. The van der Waals surface area contributed by atoms with Crippen LogP contribution >= 0.6 is 11.8 Å². The van der Waals surface area contributed by atoms with Gasteiger partial charge < -0.3 is 9.88 Å². The number of imidazole rings is 1. The number of benzene rings is 2. The lowest BCUT2D eigenvalue weighted by molar-refractivity contribution is -0.115. The average Bonchev–Trinajstić information content (AvgIpc) is 3.04. The quantitative estimate of drug-likeness (QED) is 0.513. The Kier molecular flexibility index (Phi) is 6.84. The first kappa shape index (κ1) is 22.3. The lowest BCUT2D eigenvalue weighted by Crippen LogP contribution is -2.30. The summed E-state index contributed by atoms with van der Waals surface area (Å²) in [6.45, 7) is 8.16. The summed E-state index contributed by atoms with van der Waals surface area (Å²) in [6.07, 6.45) is 0. The van der Waals surface area contributed by atoms with Crippen LogP contribution in [0.15, 0.2) is 58.6 Å². The number of nitrogens with zero attached hydrogens (tertiary/aromatic N) is 2. The van der Waals surface area contributed by atoms with Gasteiger partial charge in [-0.2, -0.15) is 0 Å². The third-order valence-corrected chi connectivity index (χ3v) is 7.17. The summed E-state index contributed by atoms with van der Waals surface area (Å²) >= 11 is 1.40. The van der Waals surface area contributed by atoms with Gasteiger partial charge in [0, 0.05) is 18.3 Å². The summed E-state index contributed by atoms with van der Waals surface area (Å²) in [6, 6.07) is 13.8. The van der Waals surface area contributed by atoms with Crippen LogP contribution in [-0.4, -0.2) is 35.2 Å². The lowest BCUT2D eigenvalue weighted by Gasteiger charge is -2.13. The minimum Gasteiger partial charge on any atom is -0.325 e. The molecule has 9 heteroatoms. The Hall–Kier alpha value is -2.36. The van der Waals surface area contributed by atoms with E-state index in [2.05, 4.69) is 19.6 Å². The molecule has 1 unspecified atom stereocenters. The first-order chi connectivity index (χ1) is 14.2. The monoisotopic (exact) mass is 446 g/mol. The molecule has 0 saturated carbocycles. The van der Waals surface area contributed by atoms with Crippen molar-refractivity contribution in [2.45, 2.75) is 55.6 Å². The zero-order valence-corrected chi connectivity index (χ0v) is 19.0. The van der Waals surface area contributed by atoms with E-state index in [-0.39, 0.29) is 22.1 Å². The zero-order chi connectivity index (χ0) is 21.9. The fourth-order valence-corrected chi connectivity index (χ4v) is 5.24. The Balaban J connectivity index is 1.69. The van der Waals surface area contributed by atoms with Crippen molar-refractivity contribution in [3.05, 3.63) is 48.5 Å². The molecule has 0 radical (unpaired) electrons. The molecule has 0 bridgehead atoms. The number of thioether (sulfide) groups is 1. The Morgan fingerprint density at radius 2 is 1.77 bits per heavy atom. The molecule has 0 aliphatic rings. The van der Waals surface area contributed by atoms with E-state index in [1.165, 1.54) is 23.9 Å². The SMILES string of the molecule is CCn1c(SC(C)C(=O)Nc2ccc(S(=O)(=O)NC(C)C)cc2)nc2ccccc21. The van der Waals surface area contributed by atoms with Gasteiger partial charge in [0.25, 0.3) is 0 Å². The maximum absolute atomic E-state index is 12.7. The van der Waals surface area contributed by atoms with Gasteiger partial charge in [0.1, 0.15) is 0 Å². The van der Waals surface area contributed by atoms with E-state index in [1.807, 2.05) is 38.1 Å². The van der Waals surface area contributed by atoms with Crippen molar-refractivity contribution in [3.8, 4) is 0 Å². The predicted molar refractivity (Wildman–Crippen MR) is 121 cm³/mol. The molecule has 1 heterocycles. The second-order valence-corrected chi connectivity index (χ2v) is 10.2. The number of hydrogen-bond acceptors (Lipinski definition) is 5. The molecule has 30 heavy (non-hydrogen) atoms. The van der Waals surface area contributed by atoms with Crippen LogP contribution in [-0.2, 0) is 21.4 Å². The van der Waals surface area contributed by atoms with Gasteiger partial charge in [0.2, 0.25) is 15.9 Å². The average molecular weight is 447 g/mol. The van der Waals surface area contributed by atoms with Crippen molar-refractivity contribution in [1.82, 2.24) is 14.3 Å². The molecule has 3 aromatic rings. The normalized spacial score (nSPS) is 13.0. The van der Waals surface area contributed by atoms with E-state index in [1.54, 1.807) is 26.0 Å². The summed E-state index contributed by atoms with van der Waals surface area (Å²) in [4.78, 5) is 17.5. The van der Waals surface area contributed by atoms with E-state index in [4.69, 9.17) is 0 Å². The van der Waals surface area contributed by atoms with Crippen LogP contribution in [0.1, 0.15) is 27.7 Å².